The largest absolute Gasteiger partial charge is 0.462 e. The molecule has 2 unspecified atom stereocenters. The molecule has 2 saturated carbocycles. The number of rotatable bonds is 6. The summed E-state index contributed by atoms with van der Waals surface area (Å²) < 4.78 is 11.8. The van der Waals surface area contributed by atoms with Gasteiger partial charge < -0.3 is 14.5 Å². The normalized spacial score (nSPS) is 27.6. The van der Waals surface area contributed by atoms with Crippen molar-refractivity contribution in [2.24, 2.45) is 5.92 Å². The minimum Gasteiger partial charge on any atom is -0.462 e. The van der Waals surface area contributed by atoms with Gasteiger partial charge in [-0.05, 0) is 43.7 Å². The number of hydrogen-bond acceptors (Lipinski definition) is 3. The highest BCUT2D eigenvalue weighted by Crippen LogP contribution is 2.27. The Labute approximate surface area is 115 Å². The van der Waals surface area contributed by atoms with Gasteiger partial charge in [0.25, 0.3) is 0 Å². The average Bonchev–Trinajstić information content (AvgIpc) is 3.14. The van der Waals surface area contributed by atoms with E-state index in [-0.39, 0.29) is 0 Å². The molecule has 1 heterocycles. The lowest BCUT2D eigenvalue weighted by Gasteiger charge is -2.28. The molecule has 2 aliphatic carbocycles. The van der Waals surface area contributed by atoms with E-state index in [1.54, 1.807) is 0 Å². The molecule has 1 aromatic heterocycles. The molecule has 0 amide bonds. The first-order valence-corrected chi connectivity index (χ1v) is 7.74. The SMILES string of the molecule is CC1CCCCC1OCc1ccc(CNC2CC2)o1. The van der Waals surface area contributed by atoms with E-state index in [9.17, 15) is 0 Å². The van der Waals surface area contributed by atoms with Crippen LogP contribution < -0.4 is 5.32 Å². The molecule has 106 valence electrons. The second kappa shape index (κ2) is 6.10. The zero-order valence-corrected chi connectivity index (χ0v) is 11.9. The van der Waals surface area contributed by atoms with Crippen LogP contribution in [0.4, 0.5) is 0 Å². The zero-order valence-electron chi connectivity index (χ0n) is 11.9. The average molecular weight is 263 g/mol. The van der Waals surface area contributed by atoms with Crippen molar-refractivity contribution in [2.45, 2.75) is 70.7 Å². The second-order valence-corrected chi connectivity index (χ2v) is 6.13. The lowest BCUT2D eigenvalue weighted by Crippen LogP contribution is -2.25. The van der Waals surface area contributed by atoms with Crippen molar-refractivity contribution in [1.29, 1.82) is 0 Å². The molecule has 0 spiro atoms. The lowest BCUT2D eigenvalue weighted by molar-refractivity contribution is -0.0222. The molecule has 0 aliphatic heterocycles. The summed E-state index contributed by atoms with van der Waals surface area (Å²) >= 11 is 0. The minimum absolute atomic E-state index is 0.423. The van der Waals surface area contributed by atoms with Crippen molar-refractivity contribution < 1.29 is 9.15 Å². The molecule has 0 aromatic carbocycles. The molecule has 2 aliphatic rings. The number of hydrogen-bond donors (Lipinski definition) is 1. The smallest absolute Gasteiger partial charge is 0.129 e. The fourth-order valence-electron chi connectivity index (χ4n) is 2.85. The highest BCUT2D eigenvalue weighted by molar-refractivity contribution is 5.06. The van der Waals surface area contributed by atoms with E-state index in [1.165, 1.54) is 38.5 Å². The first-order chi connectivity index (χ1) is 9.31. The Bertz CT molecular complexity index is 397. The van der Waals surface area contributed by atoms with Gasteiger partial charge in [0.1, 0.15) is 18.1 Å². The Kier molecular flexibility index (Phi) is 4.24. The van der Waals surface area contributed by atoms with Crippen molar-refractivity contribution in [1.82, 2.24) is 5.32 Å². The van der Waals surface area contributed by atoms with Gasteiger partial charge in [0.05, 0.1) is 12.6 Å². The Morgan fingerprint density at radius 2 is 1.95 bits per heavy atom. The second-order valence-electron chi connectivity index (χ2n) is 6.13. The van der Waals surface area contributed by atoms with E-state index in [0.717, 1.165) is 24.1 Å². The molecule has 0 radical (unpaired) electrons. The molecular formula is C16H25NO2. The zero-order chi connectivity index (χ0) is 13.1. The predicted octanol–water partition coefficient (Wildman–Crippen LogP) is 3.63. The molecule has 1 N–H and O–H groups in total. The standard InChI is InChI=1S/C16H25NO2/c1-12-4-2-3-5-16(12)18-11-15-9-8-14(19-15)10-17-13-6-7-13/h8-9,12-13,16-17H,2-7,10-11H2,1H3. The molecular weight excluding hydrogens is 238 g/mol. The van der Waals surface area contributed by atoms with Gasteiger partial charge in [-0.25, -0.2) is 0 Å². The third-order valence-corrected chi connectivity index (χ3v) is 4.33. The van der Waals surface area contributed by atoms with Crippen LogP contribution in [0.5, 0.6) is 0 Å². The van der Waals surface area contributed by atoms with E-state index in [4.69, 9.17) is 9.15 Å². The Morgan fingerprint density at radius 1 is 1.16 bits per heavy atom. The van der Waals surface area contributed by atoms with Crippen LogP contribution in [0, 0.1) is 5.92 Å². The van der Waals surface area contributed by atoms with Gasteiger partial charge in [0, 0.05) is 6.04 Å². The molecule has 2 atom stereocenters. The summed E-state index contributed by atoms with van der Waals surface area (Å²) in [5.41, 5.74) is 0. The molecule has 1 aromatic rings. The predicted molar refractivity (Wildman–Crippen MR) is 74.8 cm³/mol. The van der Waals surface area contributed by atoms with Gasteiger partial charge in [0.2, 0.25) is 0 Å². The van der Waals surface area contributed by atoms with Crippen LogP contribution in [0.3, 0.4) is 0 Å². The van der Waals surface area contributed by atoms with Gasteiger partial charge in [-0.15, -0.1) is 0 Å². The van der Waals surface area contributed by atoms with Gasteiger partial charge in [-0.1, -0.05) is 19.8 Å². The number of nitrogens with one attached hydrogen (secondary N) is 1. The molecule has 3 heteroatoms. The highest BCUT2D eigenvalue weighted by atomic mass is 16.5. The van der Waals surface area contributed by atoms with E-state index >= 15 is 0 Å². The van der Waals surface area contributed by atoms with Crippen molar-refractivity contribution in [3.63, 3.8) is 0 Å². The van der Waals surface area contributed by atoms with Crippen LogP contribution in [-0.4, -0.2) is 12.1 Å². The fraction of sp³-hybridized carbons (Fsp3) is 0.750. The van der Waals surface area contributed by atoms with Crippen molar-refractivity contribution in [2.75, 3.05) is 0 Å². The summed E-state index contributed by atoms with van der Waals surface area (Å²) in [7, 11) is 0. The van der Waals surface area contributed by atoms with Gasteiger partial charge in [0.15, 0.2) is 0 Å². The molecule has 0 saturated heterocycles. The third kappa shape index (κ3) is 3.83. The van der Waals surface area contributed by atoms with E-state index in [1.807, 2.05) is 0 Å². The Balaban J connectivity index is 1.43. The molecule has 3 rings (SSSR count). The third-order valence-electron chi connectivity index (χ3n) is 4.33. The molecule has 2 fully saturated rings. The van der Waals surface area contributed by atoms with Gasteiger partial charge >= 0.3 is 0 Å². The lowest BCUT2D eigenvalue weighted by atomic mass is 9.88. The van der Waals surface area contributed by atoms with Crippen LogP contribution in [0.2, 0.25) is 0 Å². The maximum Gasteiger partial charge on any atom is 0.129 e. The summed E-state index contributed by atoms with van der Waals surface area (Å²) in [5.74, 6) is 2.69. The number of ether oxygens (including phenoxy) is 1. The monoisotopic (exact) mass is 263 g/mol. The minimum atomic E-state index is 0.423. The Hall–Kier alpha value is -0.800. The summed E-state index contributed by atoms with van der Waals surface area (Å²) in [4.78, 5) is 0. The van der Waals surface area contributed by atoms with E-state index in [2.05, 4.69) is 24.4 Å². The van der Waals surface area contributed by atoms with Crippen molar-refractivity contribution in [3.05, 3.63) is 23.7 Å². The first-order valence-electron chi connectivity index (χ1n) is 7.74. The van der Waals surface area contributed by atoms with Gasteiger partial charge in [-0.2, -0.15) is 0 Å². The van der Waals surface area contributed by atoms with Crippen LogP contribution in [0.25, 0.3) is 0 Å². The van der Waals surface area contributed by atoms with Gasteiger partial charge in [-0.3, -0.25) is 0 Å². The van der Waals surface area contributed by atoms with Crippen LogP contribution in [0.1, 0.15) is 57.0 Å². The first kappa shape index (κ1) is 13.2. The molecule has 0 bridgehead atoms. The number of furan rings is 1. The Morgan fingerprint density at radius 3 is 2.74 bits per heavy atom. The summed E-state index contributed by atoms with van der Waals surface area (Å²) in [6.07, 6.45) is 8.23. The van der Waals surface area contributed by atoms with Crippen LogP contribution in [-0.2, 0) is 17.9 Å². The van der Waals surface area contributed by atoms with Crippen LogP contribution in [0.15, 0.2) is 16.5 Å². The maximum absolute atomic E-state index is 6.02. The summed E-state index contributed by atoms with van der Waals surface area (Å²) in [5, 5.41) is 3.46. The fourth-order valence-corrected chi connectivity index (χ4v) is 2.85. The van der Waals surface area contributed by atoms with Crippen molar-refractivity contribution in [3.8, 4) is 0 Å². The maximum atomic E-state index is 6.02. The van der Waals surface area contributed by atoms with Crippen LogP contribution >= 0.6 is 0 Å². The molecule has 19 heavy (non-hydrogen) atoms. The van der Waals surface area contributed by atoms with E-state index in [0.29, 0.717) is 18.6 Å². The topological polar surface area (TPSA) is 34.4 Å². The summed E-state index contributed by atoms with van der Waals surface area (Å²) in [6.45, 7) is 3.78. The van der Waals surface area contributed by atoms with Crippen molar-refractivity contribution >= 4 is 0 Å². The molecule has 3 nitrogen and oxygen atoms in total. The van der Waals surface area contributed by atoms with E-state index < -0.39 is 0 Å². The highest BCUT2D eigenvalue weighted by Gasteiger charge is 2.22. The summed E-state index contributed by atoms with van der Waals surface area (Å²) in [6, 6.07) is 4.85. The quantitative estimate of drug-likeness (QED) is 0.851.